The van der Waals surface area contributed by atoms with Crippen molar-refractivity contribution in [3.8, 4) is 0 Å². The lowest BCUT2D eigenvalue weighted by atomic mass is 10.2. The number of carbonyl (C=O) groups is 1. The van der Waals surface area contributed by atoms with Crippen LogP contribution in [0.5, 0.6) is 0 Å². The lowest BCUT2D eigenvalue weighted by Gasteiger charge is -2.34. The number of amides is 1. The number of aliphatic hydroxyl groups excluding tert-OH is 1. The Morgan fingerprint density at radius 1 is 1.35 bits per heavy atom. The van der Waals surface area contributed by atoms with Gasteiger partial charge in [0.25, 0.3) is 0 Å². The van der Waals surface area contributed by atoms with Crippen LogP contribution in [-0.2, 0) is 11.3 Å². The molecular weight excluding hydrogens is 218 g/mol. The van der Waals surface area contributed by atoms with Crippen molar-refractivity contribution in [3.05, 3.63) is 30.1 Å². The van der Waals surface area contributed by atoms with Gasteiger partial charge in [-0.2, -0.15) is 0 Å². The van der Waals surface area contributed by atoms with Crippen molar-refractivity contribution in [2.24, 2.45) is 0 Å². The normalized spacial score (nSPS) is 17.1. The van der Waals surface area contributed by atoms with Gasteiger partial charge in [0.2, 0.25) is 5.91 Å². The maximum absolute atomic E-state index is 11.3. The zero-order valence-corrected chi connectivity index (χ0v) is 9.75. The molecule has 1 aliphatic heterocycles. The van der Waals surface area contributed by atoms with Gasteiger partial charge in [-0.3, -0.25) is 14.7 Å². The minimum Gasteiger partial charge on any atom is -0.387 e. The molecule has 1 N–H and O–H groups in total. The van der Waals surface area contributed by atoms with E-state index in [4.69, 9.17) is 5.11 Å². The first-order valence-corrected chi connectivity index (χ1v) is 5.79. The van der Waals surface area contributed by atoms with Crippen molar-refractivity contribution in [2.45, 2.75) is 6.54 Å². The second-order valence-electron chi connectivity index (χ2n) is 4.18. The Morgan fingerprint density at radius 3 is 2.71 bits per heavy atom. The Kier molecular flexibility index (Phi) is 4.06. The van der Waals surface area contributed by atoms with Crippen LogP contribution in [0.25, 0.3) is 0 Å². The number of rotatable bonds is 3. The zero-order chi connectivity index (χ0) is 12.1. The molecule has 0 saturated carbocycles. The van der Waals surface area contributed by atoms with Crippen LogP contribution in [-0.4, -0.2) is 58.6 Å². The van der Waals surface area contributed by atoms with Crippen LogP contribution in [0.2, 0.25) is 0 Å². The molecule has 2 heterocycles. The fourth-order valence-corrected chi connectivity index (χ4v) is 2.01. The Bertz CT molecular complexity index is 361. The van der Waals surface area contributed by atoms with E-state index in [1.165, 1.54) is 5.56 Å². The Morgan fingerprint density at radius 2 is 2.12 bits per heavy atom. The standard InChI is InChI=1S/C12H17N3O2/c16-10-12(17)15-6-4-14(5-7-15)9-11-2-1-3-13-8-11/h1-3,8,16H,4-7,9-10H2. The third kappa shape index (κ3) is 3.25. The molecule has 1 aliphatic rings. The summed E-state index contributed by atoms with van der Waals surface area (Å²) < 4.78 is 0. The molecule has 17 heavy (non-hydrogen) atoms. The second kappa shape index (κ2) is 5.75. The molecule has 0 spiro atoms. The first-order valence-electron chi connectivity index (χ1n) is 5.79. The summed E-state index contributed by atoms with van der Waals surface area (Å²) in [4.78, 5) is 19.4. The van der Waals surface area contributed by atoms with Crippen LogP contribution in [0.4, 0.5) is 0 Å². The minimum atomic E-state index is -0.386. The van der Waals surface area contributed by atoms with E-state index in [-0.39, 0.29) is 12.5 Å². The lowest BCUT2D eigenvalue weighted by Crippen LogP contribution is -2.49. The summed E-state index contributed by atoms with van der Waals surface area (Å²) in [7, 11) is 0. The topological polar surface area (TPSA) is 56.7 Å². The predicted molar refractivity (Wildman–Crippen MR) is 63.2 cm³/mol. The van der Waals surface area contributed by atoms with Gasteiger partial charge in [0, 0.05) is 45.1 Å². The Balaban J connectivity index is 1.82. The van der Waals surface area contributed by atoms with E-state index in [0.29, 0.717) is 13.1 Å². The number of nitrogens with zero attached hydrogens (tertiary/aromatic N) is 3. The van der Waals surface area contributed by atoms with Crippen LogP contribution >= 0.6 is 0 Å². The summed E-state index contributed by atoms with van der Waals surface area (Å²) in [5.74, 6) is -0.175. The number of pyridine rings is 1. The fraction of sp³-hybridized carbons (Fsp3) is 0.500. The third-order valence-corrected chi connectivity index (χ3v) is 2.99. The van der Waals surface area contributed by atoms with Gasteiger partial charge in [-0.05, 0) is 11.6 Å². The fourth-order valence-electron chi connectivity index (χ4n) is 2.01. The highest BCUT2D eigenvalue weighted by Gasteiger charge is 2.20. The van der Waals surface area contributed by atoms with Gasteiger partial charge in [0.05, 0.1) is 0 Å². The van der Waals surface area contributed by atoms with Crippen LogP contribution in [0.3, 0.4) is 0 Å². The number of hydrogen-bond donors (Lipinski definition) is 1. The summed E-state index contributed by atoms with van der Waals surface area (Å²) in [6.45, 7) is 3.57. The van der Waals surface area contributed by atoms with E-state index in [1.54, 1.807) is 11.1 Å². The molecule has 92 valence electrons. The summed E-state index contributed by atoms with van der Waals surface area (Å²) >= 11 is 0. The van der Waals surface area contributed by atoms with E-state index in [9.17, 15) is 4.79 Å². The molecule has 0 radical (unpaired) electrons. The Labute approximate surface area is 101 Å². The smallest absolute Gasteiger partial charge is 0.248 e. The van der Waals surface area contributed by atoms with Crippen LogP contribution < -0.4 is 0 Å². The summed E-state index contributed by atoms with van der Waals surface area (Å²) in [5, 5.41) is 8.78. The van der Waals surface area contributed by atoms with E-state index in [2.05, 4.69) is 16.0 Å². The molecule has 5 nitrogen and oxygen atoms in total. The van der Waals surface area contributed by atoms with Gasteiger partial charge in [-0.25, -0.2) is 0 Å². The minimum absolute atomic E-state index is 0.175. The summed E-state index contributed by atoms with van der Waals surface area (Å²) in [6, 6.07) is 3.99. The summed E-state index contributed by atoms with van der Waals surface area (Å²) in [6.07, 6.45) is 3.63. The van der Waals surface area contributed by atoms with Gasteiger partial charge < -0.3 is 10.0 Å². The number of piperazine rings is 1. The lowest BCUT2D eigenvalue weighted by molar-refractivity contribution is -0.135. The van der Waals surface area contributed by atoms with Crippen molar-refractivity contribution in [3.63, 3.8) is 0 Å². The number of hydrogen-bond acceptors (Lipinski definition) is 4. The molecular formula is C12H17N3O2. The maximum Gasteiger partial charge on any atom is 0.248 e. The molecule has 1 fully saturated rings. The van der Waals surface area contributed by atoms with E-state index < -0.39 is 0 Å². The molecule has 0 atom stereocenters. The van der Waals surface area contributed by atoms with Crippen molar-refractivity contribution >= 4 is 5.91 Å². The highest BCUT2D eigenvalue weighted by atomic mass is 16.3. The van der Waals surface area contributed by atoms with Gasteiger partial charge in [-0.15, -0.1) is 0 Å². The largest absolute Gasteiger partial charge is 0.387 e. The highest BCUT2D eigenvalue weighted by molar-refractivity contribution is 5.77. The van der Waals surface area contributed by atoms with Gasteiger partial charge >= 0.3 is 0 Å². The quantitative estimate of drug-likeness (QED) is 0.783. The van der Waals surface area contributed by atoms with Crippen LogP contribution in [0.1, 0.15) is 5.56 Å². The van der Waals surface area contributed by atoms with E-state index >= 15 is 0 Å². The molecule has 0 aliphatic carbocycles. The average Bonchev–Trinajstić information content (AvgIpc) is 2.40. The second-order valence-corrected chi connectivity index (χ2v) is 4.18. The van der Waals surface area contributed by atoms with Crippen molar-refractivity contribution in [2.75, 3.05) is 32.8 Å². The van der Waals surface area contributed by atoms with Crippen molar-refractivity contribution < 1.29 is 9.90 Å². The van der Waals surface area contributed by atoms with E-state index in [0.717, 1.165) is 19.6 Å². The molecule has 0 bridgehead atoms. The molecule has 5 heteroatoms. The molecule has 1 amide bonds. The monoisotopic (exact) mass is 235 g/mol. The number of aromatic nitrogens is 1. The number of aliphatic hydroxyl groups is 1. The van der Waals surface area contributed by atoms with Crippen LogP contribution in [0.15, 0.2) is 24.5 Å². The molecule has 1 saturated heterocycles. The third-order valence-electron chi connectivity index (χ3n) is 2.99. The maximum atomic E-state index is 11.3. The highest BCUT2D eigenvalue weighted by Crippen LogP contribution is 2.07. The van der Waals surface area contributed by atoms with Crippen molar-refractivity contribution in [1.82, 2.24) is 14.8 Å². The molecule has 1 aromatic heterocycles. The van der Waals surface area contributed by atoms with Gasteiger partial charge in [0.15, 0.2) is 0 Å². The first-order chi connectivity index (χ1) is 8.29. The summed E-state index contributed by atoms with van der Waals surface area (Å²) in [5.41, 5.74) is 1.19. The SMILES string of the molecule is O=C(CO)N1CCN(Cc2cccnc2)CC1. The van der Waals surface area contributed by atoms with Crippen LogP contribution in [0, 0.1) is 0 Å². The van der Waals surface area contributed by atoms with Gasteiger partial charge in [-0.1, -0.05) is 6.07 Å². The average molecular weight is 235 g/mol. The van der Waals surface area contributed by atoms with Gasteiger partial charge in [0.1, 0.15) is 6.61 Å². The molecule has 1 aromatic rings. The predicted octanol–water partition coefficient (Wildman–Crippen LogP) is -0.282. The van der Waals surface area contributed by atoms with Crippen molar-refractivity contribution in [1.29, 1.82) is 0 Å². The Hall–Kier alpha value is -1.46. The zero-order valence-electron chi connectivity index (χ0n) is 9.75. The molecule has 2 rings (SSSR count). The molecule has 0 aromatic carbocycles. The molecule has 0 unspecified atom stereocenters. The number of carbonyl (C=O) groups excluding carboxylic acids is 1. The van der Waals surface area contributed by atoms with E-state index in [1.807, 2.05) is 12.3 Å². The first kappa shape index (κ1) is 12.0.